The van der Waals surface area contributed by atoms with Gasteiger partial charge in [-0.15, -0.1) is 0 Å². The van der Waals surface area contributed by atoms with E-state index < -0.39 is 92.1 Å². The van der Waals surface area contributed by atoms with Crippen molar-refractivity contribution >= 4 is 69.8 Å². The zero-order valence-electron chi connectivity index (χ0n) is 25.9. The molecule has 53 heavy (non-hydrogen) atoms. The summed E-state index contributed by atoms with van der Waals surface area (Å²) in [5, 5.41) is 10.4. The Kier molecular flexibility index (Phi) is 11.4. The first kappa shape index (κ1) is 40.5. The van der Waals surface area contributed by atoms with Gasteiger partial charge in [0, 0.05) is 11.4 Å². The summed E-state index contributed by atoms with van der Waals surface area (Å²) in [4.78, 5) is 26.9. The minimum absolute atomic E-state index is 0.00128. The Hall–Kier alpha value is -5.32. The Morgan fingerprint density at radius 2 is 1.00 bits per heavy atom. The number of anilines is 2. The largest absolute Gasteiger partial charge is 0.416 e. The normalized spacial score (nSPS) is 14.7. The third kappa shape index (κ3) is 9.97. The fourth-order valence-corrected chi connectivity index (χ4v) is 4.90. The number of fused-ring (bicyclic) bond motifs is 1. The quantitative estimate of drug-likeness (QED) is 0.0625. The summed E-state index contributed by atoms with van der Waals surface area (Å²) in [6, 6.07) is 5.38. The summed E-state index contributed by atoms with van der Waals surface area (Å²) in [7, 11) is 0. The first-order chi connectivity index (χ1) is 24.4. The Morgan fingerprint density at radius 3 is 1.36 bits per heavy atom. The van der Waals surface area contributed by atoms with Crippen LogP contribution >= 0.6 is 24.4 Å². The maximum absolute atomic E-state index is 13.3. The topological polar surface area (TPSA) is 110 Å². The lowest BCUT2D eigenvalue weighted by Gasteiger charge is -2.22. The highest BCUT2D eigenvalue weighted by Crippen LogP contribution is 2.39. The van der Waals surface area contributed by atoms with E-state index in [4.69, 9.17) is 24.4 Å². The van der Waals surface area contributed by atoms with Crippen molar-refractivity contribution in [2.45, 2.75) is 37.7 Å². The number of thiocarbonyl (C=S) groups is 2. The molecule has 1 unspecified atom stereocenters. The standard InChI is InChI=1S/C30H19F12N7O2S2/c1-13(49-23(50)20-4-2-3-5-21(20)24(49)51)22(46-48-26(53)45-19-10-16(29(37,38)39)7-17(11-19)30(40,41)42)12-43-47-25(52)44-18-8-14(27(31,32)33)6-15(9-18)28(34,35)36/h2-13H,1H3,(H2,44,47,52)(H2,45,48,53)/b43-12+,46-22-. The molecule has 3 aromatic carbocycles. The van der Waals surface area contributed by atoms with Crippen LogP contribution in [0.15, 0.2) is 70.9 Å². The maximum atomic E-state index is 13.3. The number of carbonyl (C=O) groups excluding carboxylic acids is 2. The molecule has 23 heteroatoms. The van der Waals surface area contributed by atoms with E-state index in [-0.39, 0.29) is 23.3 Å². The van der Waals surface area contributed by atoms with E-state index in [1.54, 1.807) is 0 Å². The summed E-state index contributed by atoms with van der Waals surface area (Å²) in [5.74, 6) is -1.61. The van der Waals surface area contributed by atoms with E-state index in [1.165, 1.54) is 31.2 Å². The number of hydrogen-bond acceptors (Lipinski definition) is 6. The molecular weight excluding hydrogens is 782 g/mol. The van der Waals surface area contributed by atoms with E-state index in [1.807, 2.05) is 0 Å². The number of benzene rings is 3. The van der Waals surface area contributed by atoms with Gasteiger partial charge in [0.15, 0.2) is 10.2 Å². The molecule has 0 aliphatic carbocycles. The van der Waals surface area contributed by atoms with E-state index in [2.05, 4.69) is 31.7 Å². The summed E-state index contributed by atoms with van der Waals surface area (Å²) in [5.41, 5.74) is -4.29. The summed E-state index contributed by atoms with van der Waals surface area (Å²) in [6.07, 6.45) is -19.9. The molecule has 0 saturated carbocycles. The predicted octanol–water partition coefficient (Wildman–Crippen LogP) is 8.06. The molecule has 0 radical (unpaired) electrons. The van der Waals surface area contributed by atoms with Crippen LogP contribution in [0.2, 0.25) is 0 Å². The van der Waals surface area contributed by atoms with Crippen LogP contribution in [-0.4, -0.2) is 44.9 Å². The molecule has 0 saturated heterocycles. The number of nitrogens with one attached hydrogen (secondary N) is 4. The van der Waals surface area contributed by atoms with Crippen LogP contribution < -0.4 is 21.5 Å². The molecule has 9 nitrogen and oxygen atoms in total. The zero-order valence-corrected chi connectivity index (χ0v) is 27.6. The molecule has 282 valence electrons. The predicted molar refractivity (Wildman–Crippen MR) is 174 cm³/mol. The minimum atomic E-state index is -5.18. The monoisotopic (exact) mass is 801 g/mol. The second-order valence-electron chi connectivity index (χ2n) is 10.7. The fourth-order valence-electron chi connectivity index (χ4n) is 4.57. The molecule has 4 N–H and O–H groups in total. The molecule has 1 atom stereocenters. The van der Waals surface area contributed by atoms with Crippen molar-refractivity contribution < 1.29 is 62.3 Å². The van der Waals surface area contributed by atoms with Crippen LogP contribution in [0.4, 0.5) is 64.1 Å². The second-order valence-corrected chi connectivity index (χ2v) is 11.5. The van der Waals surface area contributed by atoms with Crippen molar-refractivity contribution in [1.82, 2.24) is 15.8 Å². The molecule has 0 spiro atoms. The van der Waals surface area contributed by atoms with Crippen LogP contribution in [0.5, 0.6) is 0 Å². The lowest BCUT2D eigenvalue weighted by Crippen LogP contribution is -2.44. The molecule has 0 fully saturated rings. The molecule has 1 aliphatic heterocycles. The molecule has 1 aliphatic rings. The van der Waals surface area contributed by atoms with Crippen LogP contribution in [0.25, 0.3) is 0 Å². The third-order valence-corrected chi connectivity index (χ3v) is 7.37. The van der Waals surface area contributed by atoms with Gasteiger partial charge in [0.25, 0.3) is 11.8 Å². The molecule has 0 aromatic heterocycles. The summed E-state index contributed by atoms with van der Waals surface area (Å²) < 4.78 is 159. The van der Waals surface area contributed by atoms with Gasteiger partial charge in [-0.05, 0) is 79.9 Å². The second kappa shape index (κ2) is 15.0. The summed E-state index contributed by atoms with van der Waals surface area (Å²) in [6.45, 7) is 1.25. The van der Waals surface area contributed by atoms with Gasteiger partial charge in [0.1, 0.15) is 5.71 Å². The van der Waals surface area contributed by atoms with Gasteiger partial charge in [-0.3, -0.25) is 25.3 Å². The third-order valence-electron chi connectivity index (χ3n) is 6.98. The van der Waals surface area contributed by atoms with Crippen LogP contribution in [-0.2, 0) is 24.7 Å². The molecule has 2 amide bonds. The SMILES string of the molecule is CC(C(/C=N/NC(=S)Nc1cc(C(F)(F)F)cc(C(F)(F)F)c1)=N\NC(=S)Nc1cc(C(F)(F)F)cc(C(F)(F)F)c1)N1C(=O)c2ccccc2C1=O. The highest BCUT2D eigenvalue weighted by Gasteiger charge is 2.41. The van der Waals surface area contributed by atoms with Crippen molar-refractivity contribution in [3.05, 3.63) is 94.0 Å². The van der Waals surface area contributed by atoms with Crippen molar-refractivity contribution in [3.63, 3.8) is 0 Å². The van der Waals surface area contributed by atoms with Gasteiger partial charge in [0.2, 0.25) is 0 Å². The highest BCUT2D eigenvalue weighted by atomic mass is 32.1. The number of hydrazone groups is 2. The molecule has 3 aromatic rings. The van der Waals surface area contributed by atoms with Crippen molar-refractivity contribution in [1.29, 1.82) is 0 Å². The average molecular weight is 802 g/mol. The van der Waals surface area contributed by atoms with Crippen molar-refractivity contribution in [3.8, 4) is 0 Å². The number of hydrogen-bond donors (Lipinski definition) is 4. The van der Waals surface area contributed by atoms with E-state index in [0.717, 1.165) is 6.21 Å². The number of halogens is 12. The van der Waals surface area contributed by atoms with Crippen molar-refractivity contribution in [2.75, 3.05) is 10.6 Å². The van der Waals surface area contributed by atoms with Gasteiger partial charge in [0.05, 0.1) is 45.6 Å². The van der Waals surface area contributed by atoms with Crippen LogP contribution in [0.3, 0.4) is 0 Å². The van der Waals surface area contributed by atoms with Crippen LogP contribution in [0, 0.1) is 0 Å². The molecule has 4 rings (SSSR count). The smallest absolute Gasteiger partial charge is 0.331 e. The molecular formula is C30H19F12N7O2S2. The number of rotatable bonds is 7. The van der Waals surface area contributed by atoms with Gasteiger partial charge >= 0.3 is 24.7 Å². The van der Waals surface area contributed by atoms with E-state index in [9.17, 15) is 62.3 Å². The zero-order chi connectivity index (χ0) is 39.7. The molecule has 1 heterocycles. The number of imide groups is 1. The molecule has 0 bridgehead atoms. The average Bonchev–Trinajstić information content (AvgIpc) is 3.29. The fraction of sp³-hybridized carbons (Fsp3) is 0.200. The van der Waals surface area contributed by atoms with Gasteiger partial charge in [-0.2, -0.15) is 62.9 Å². The van der Waals surface area contributed by atoms with Crippen molar-refractivity contribution in [2.24, 2.45) is 10.2 Å². The number of alkyl halides is 12. The lowest BCUT2D eigenvalue weighted by atomic mass is 10.1. The number of amides is 2. The highest BCUT2D eigenvalue weighted by molar-refractivity contribution is 7.80. The Bertz CT molecular complexity index is 1910. The maximum Gasteiger partial charge on any atom is 0.416 e. The first-order valence-corrected chi connectivity index (χ1v) is 15.0. The Labute approximate surface area is 300 Å². The van der Waals surface area contributed by atoms with E-state index in [0.29, 0.717) is 29.2 Å². The van der Waals surface area contributed by atoms with E-state index >= 15 is 0 Å². The van der Waals surface area contributed by atoms with Gasteiger partial charge in [-0.25, -0.2) is 0 Å². The van der Waals surface area contributed by atoms with Crippen LogP contribution in [0.1, 0.15) is 49.9 Å². The van der Waals surface area contributed by atoms with Gasteiger partial charge < -0.3 is 10.6 Å². The Morgan fingerprint density at radius 1 is 0.642 bits per heavy atom. The first-order valence-electron chi connectivity index (χ1n) is 14.2. The lowest BCUT2D eigenvalue weighted by molar-refractivity contribution is -0.144. The minimum Gasteiger partial charge on any atom is -0.331 e. The Balaban J connectivity index is 1.60. The number of nitrogens with zero attached hydrogens (tertiary/aromatic N) is 3. The number of carbonyl (C=O) groups is 2. The summed E-state index contributed by atoms with van der Waals surface area (Å²) >= 11 is 9.87. The van der Waals surface area contributed by atoms with Gasteiger partial charge in [-0.1, -0.05) is 12.1 Å².